The van der Waals surface area contributed by atoms with Crippen molar-refractivity contribution in [1.82, 2.24) is 4.72 Å². The van der Waals surface area contributed by atoms with E-state index >= 15 is 0 Å². The topological polar surface area (TPSA) is 86.3 Å². The summed E-state index contributed by atoms with van der Waals surface area (Å²) in [6.45, 7) is -0.0569. The monoisotopic (exact) mass is 390 g/mol. The van der Waals surface area contributed by atoms with Crippen molar-refractivity contribution in [3.63, 3.8) is 0 Å². The first-order chi connectivity index (χ1) is 11.2. The number of rotatable bonds is 6. The van der Waals surface area contributed by atoms with Crippen molar-refractivity contribution in [2.75, 3.05) is 6.54 Å². The molecule has 0 aliphatic carbocycles. The van der Waals surface area contributed by atoms with Crippen LogP contribution in [0.25, 0.3) is 0 Å². The summed E-state index contributed by atoms with van der Waals surface area (Å²) in [4.78, 5) is 10.0. The van der Waals surface area contributed by atoms with E-state index < -0.39 is 32.3 Å². The Labute approximate surface area is 148 Å². The first-order valence-electron chi connectivity index (χ1n) is 6.65. The van der Waals surface area contributed by atoms with E-state index in [9.17, 15) is 22.7 Å². The third-order valence-electron chi connectivity index (χ3n) is 3.16. The molecular formula is C15H11Cl2FNO4S-. The fourth-order valence-corrected chi connectivity index (χ4v) is 3.59. The molecule has 0 radical (unpaired) electrons. The van der Waals surface area contributed by atoms with E-state index in [2.05, 4.69) is 4.72 Å². The lowest BCUT2D eigenvalue weighted by Crippen LogP contribution is -2.28. The lowest BCUT2D eigenvalue weighted by molar-refractivity contribution is -0.255. The largest absolute Gasteiger partial charge is 0.545 e. The molecule has 0 saturated heterocycles. The van der Waals surface area contributed by atoms with Crippen molar-refractivity contribution >= 4 is 39.2 Å². The van der Waals surface area contributed by atoms with Gasteiger partial charge in [-0.1, -0.05) is 35.3 Å². The maximum atomic E-state index is 13.7. The van der Waals surface area contributed by atoms with Crippen LogP contribution in [-0.2, 0) is 16.4 Å². The Morgan fingerprint density at radius 2 is 1.88 bits per heavy atom. The smallest absolute Gasteiger partial charge is 0.243 e. The molecule has 0 spiro atoms. The molecule has 24 heavy (non-hydrogen) atoms. The molecule has 0 bridgehead atoms. The summed E-state index contributed by atoms with van der Waals surface area (Å²) >= 11 is 11.8. The van der Waals surface area contributed by atoms with Crippen molar-refractivity contribution < 1.29 is 22.7 Å². The van der Waals surface area contributed by atoms with Crippen molar-refractivity contribution in [2.45, 2.75) is 11.3 Å². The highest BCUT2D eigenvalue weighted by molar-refractivity contribution is 7.89. The Kier molecular flexibility index (Phi) is 5.82. The maximum Gasteiger partial charge on any atom is 0.243 e. The average Bonchev–Trinajstić information content (AvgIpc) is 2.49. The molecular weight excluding hydrogens is 380 g/mol. The van der Waals surface area contributed by atoms with Gasteiger partial charge >= 0.3 is 0 Å². The second-order valence-electron chi connectivity index (χ2n) is 4.82. The van der Waals surface area contributed by atoms with Gasteiger partial charge < -0.3 is 9.90 Å². The van der Waals surface area contributed by atoms with Crippen LogP contribution in [-0.4, -0.2) is 20.9 Å². The van der Waals surface area contributed by atoms with Gasteiger partial charge in [0.1, 0.15) is 10.7 Å². The second-order valence-corrected chi connectivity index (χ2v) is 7.40. The van der Waals surface area contributed by atoms with Crippen LogP contribution in [0.4, 0.5) is 4.39 Å². The van der Waals surface area contributed by atoms with Gasteiger partial charge in [0.25, 0.3) is 0 Å². The molecule has 0 aliphatic heterocycles. The molecule has 5 nitrogen and oxygen atoms in total. The summed E-state index contributed by atoms with van der Waals surface area (Å²) in [5.74, 6) is -2.66. The molecule has 2 rings (SSSR count). The number of hydrogen-bond acceptors (Lipinski definition) is 4. The number of halogens is 3. The lowest BCUT2D eigenvalue weighted by atomic mass is 10.1. The molecule has 0 amide bonds. The fourth-order valence-electron chi connectivity index (χ4n) is 1.96. The van der Waals surface area contributed by atoms with Crippen LogP contribution in [0.2, 0.25) is 10.0 Å². The second kappa shape index (κ2) is 7.48. The van der Waals surface area contributed by atoms with E-state index in [0.29, 0.717) is 21.7 Å². The minimum Gasteiger partial charge on any atom is -0.545 e. The lowest BCUT2D eigenvalue weighted by Gasteiger charge is -2.10. The molecule has 2 aromatic carbocycles. The molecule has 0 atom stereocenters. The number of carboxylic acids is 1. The minimum absolute atomic E-state index is 0.0569. The fraction of sp³-hybridized carbons (Fsp3) is 0.133. The SMILES string of the molecule is O=C([O-])c1ccc(F)c(S(=O)(=O)NCCc2ccc(Cl)cc2Cl)c1. The summed E-state index contributed by atoms with van der Waals surface area (Å²) in [5, 5.41) is 11.6. The standard InChI is InChI=1S/C15H12Cl2FNO4S/c16-11-3-1-9(12(17)8-11)5-6-19-24(22,23)14-7-10(15(20)21)2-4-13(14)18/h1-4,7-8,19H,5-6H2,(H,20,21)/p-1. The first kappa shape index (κ1) is 18.7. The van der Waals surface area contributed by atoms with Gasteiger partial charge in [-0.25, -0.2) is 17.5 Å². The summed E-state index contributed by atoms with van der Waals surface area (Å²) in [7, 11) is -4.22. The Morgan fingerprint density at radius 1 is 1.17 bits per heavy atom. The van der Waals surface area contributed by atoms with Crippen LogP contribution in [0.1, 0.15) is 15.9 Å². The Bertz CT molecular complexity index is 887. The molecule has 0 heterocycles. The number of benzene rings is 2. The summed E-state index contributed by atoms with van der Waals surface area (Å²) in [6.07, 6.45) is 0.247. The van der Waals surface area contributed by atoms with Crippen molar-refractivity contribution in [3.05, 3.63) is 63.4 Å². The number of carbonyl (C=O) groups excluding carboxylic acids is 1. The molecule has 2 aromatic rings. The van der Waals surface area contributed by atoms with E-state index in [-0.39, 0.29) is 13.0 Å². The number of carboxylic acid groups (broad SMARTS) is 1. The van der Waals surface area contributed by atoms with Gasteiger partial charge in [0.2, 0.25) is 10.0 Å². The number of aromatic carboxylic acids is 1. The number of carbonyl (C=O) groups is 1. The molecule has 128 valence electrons. The van der Waals surface area contributed by atoms with Gasteiger partial charge in [0.05, 0.1) is 5.97 Å². The van der Waals surface area contributed by atoms with Gasteiger partial charge in [0, 0.05) is 16.6 Å². The van der Waals surface area contributed by atoms with Crippen LogP contribution in [0.5, 0.6) is 0 Å². The van der Waals surface area contributed by atoms with Crippen molar-refractivity contribution in [3.8, 4) is 0 Å². The summed E-state index contributed by atoms with van der Waals surface area (Å²) in [5.41, 5.74) is 0.227. The highest BCUT2D eigenvalue weighted by Crippen LogP contribution is 2.21. The minimum atomic E-state index is -4.22. The van der Waals surface area contributed by atoms with Crippen molar-refractivity contribution in [2.24, 2.45) is 0 Å². The van der Waals surface area contributed by atoms with Crippen molar-refractivity contribution in [1.29, 1.82) is 0 Å². The van der Waals surface area contributed by atoms with Crippen LogP contribution >= 0.6 is 23.2 Å². The highest BCUT2D eigenvalue weighted by atomic mass is 35.5. The molecule has 0 aromatic heterocycles. The van der Waals surface area contributed by atoms with E-state index in [1.165, 1.54) is 6.07 Å². The Hall–Kier alpha value is -1.67. The van der Waals surface area contributed by atoms with Crippen LogP contribution < -0.4 is 9.83 Å². The van der Waals surface area contributed by atoms with E-state index in [0.717, 1.165) is 12.1 Å². The molecule has 0 unspecified atom stereocenters. The molecule has 1 N–H and O–H groups in total. The predicted octanol–water partition coefficient (Wildman–Crippen LogP) is 2.02. The normalized spacial score (nSPS) is 11.5. The zero-order valence-corrected chi connectivity index (χ0v) is 14.4. The van der Waals surface area contributed by atoms with Crippen LogP contribution in [0.15, 0.2) is 41.3 Å². The number of sulfonamides is 1. The van der Waals surface area contributed by atoms with E-state index in [1.807, 2.05) is 0 Å². The van der Waals surface area contributed by atoms with Crippen LogP contribution in [0.3, 0.4) is 0 Å². The molecule has 9 heteroatoms. The zero-order chi connectivity index (χ0) is 17.9. The van der Waals surface area contributed by atoms with Gasteiger partial charge in [-0.2, -0.15) is 0 Å². The zero-order valence-electron chi connectivity index (χ0n) is 12.1. The third-order valence-corrected chi connectivity index (χ3v) is 5.22. The predicted molar refractivity (Wildman–Crippen MR) is 86.1 cm³/mol. The molecule has 0 saturated carbocycles. The summed E-state index contributed by atoms with van der Waals surface area (Å²) < 4.78 is 40.2. The summed E-state index contributed by atoms with van der Waals surface area (Å²) in [6, 6.07) is 7.18. The highest BCUT2D eigenvalue weighted by Gasteiger charge is 2.19. The quantitative estimate of drug-likeness (QED) is 0.817. The van der Waals surface area contributed by atoms with Crippen LogP contribution in [0, 0.1) is 5.82 Å². The van der Waals surface area contributed by atoms with Gasteiger partial charge in [-0.3, -0.25) is 0 Å². The third kappa shape index (κ3) is 4.45. The maximum absolute atomic E-state index is 13.7. The van der Waals surface area contributed by atoms with Gasteiger partial charge in [-0.15, -0.1) is 0 Å². The van der Waals surface area contributed by atoms with E-state index in [1.54, 1.807) is 12.1 Å². The molecule has 0 aliphatic rings. The molecule has 0 fully saturated rings. The van der Waals surface area contributed by atoms with E-state index in [4.69, 9.17) is 23.2 Å². The average molecular weight is 391 g/mol. The number of hydrogen-bond donors (Lipinski definition) is 1. The Morgan fingerprint density at radius 3 is 2.50 bits per heavy atom. The van der Waals surface area contributed by atoms with Gasteiger partial charge in [0.15, 0.2) is 0 Å². The number of nitrogens with one attached hydrogen (secondary N) is 1. The Balaban J connectivity index is 2.14. The first-order valence-corrected chi connectivity index (χ1v) is 8.89. The van der Waals surface area contributed by atoms with Gasteiger partial charge in [-0.05, 0) is 41.8 Å².